The maximum atomic E-state index is 13.0. The standard InChI is InChI=1S/C25H25ClN2O2/c1-30-21-13-11-18(12-14-21)16-25(29)28-15-5-10-24(28)23-9-4-7-20(27-23)17-19-6-2-3-8-22(19)26/h2-4,6-9,11-14,24H,5,10,15-17H2,1H3/t24-/m1/s1. The van der Waals surface area contributed by atoms with E-state index in [0.717, 1.165) is 52.7 Å². The number of pyridine rings is 1. The summed E-state index contributed by atoms with van der Waals surface area (Å²) in [5.41, 5.74) is 3.98. The van der Waals surface area contributed by atoms with Crippen LogP contribution in [0.25, 0.3) is 0 Å². The summed E-state index contributed by atoms with van der Waals surface area (Å²) in [5.74, 6) is 0.936. The number of ether oxygens (including phenoxy) is 1. The molecule has 3 aromatic rings. The van der Waals surface area contributed by atoms with Crippen LogP contribution in [0.2, 0.25) is 5.02 Å². The summed E-state index contributed by atoms with van der Waals surface area (Å²) in [6.45, 7) is 0.774. The molecular formula is C25H25ClN2O2. The minimum Gasteiger partial charge on any atom is -0.497 e. The minimum atomic E-state index is 0.0296. The number of rotatable bonds is 6. The normalized spacial score (nSPS) is 15.9. The zero-order valence-corrected chi connectivity index (χ0v) is 17.8. The molecule has 5 heteroatoms. The molecule has 1 amide bonds. The summed E-state index contributed by atoms with van der Waals surface area (Å²) in [7, 11) is 1.64. The Morgan fingerprint density at radius 2 is 1.90 bits per heavy atom. The molecule has 0 radical (unpaired) electrons. The van der Waals surface area contributed by atoms with Crippen molar-refractivity contribution in [2.24, 2.45) is 0 Å². The number of hydrogen-bond donors (Lipinski definition) is 0. The molecule has 30 heavy (non-hydrogen) atoms. The molecule has 1 atom stereocenters. The van der Waals surface area contributed by atoms with Crippen LogP contribution in [0, 0.1) is 0 Å². The minimum absolute atomic E-state index is 0.0296. The van der Waals surface area contributed by atoms with Crippen molar-refractivity contribution in [3.63, 3.8) is 0 Å². The molecule has 2 heterocycles. The highest BCUT2D eigenvalue weighted by atomic mass is 35.5. The number of carbonyl (C=O) groups is 1. The van der Waals surface area contributed by atoms with Crippen molar-refractivity contribution in [1.82, 2.24) is 9.88 Å². The van der Waals surface area contributed by atoms with Crippen LogP contribution in [0.4, 0.5) is 0 Å². The molecular weight excluding hydrogens is 396 g/mol. The van der Waals surface area contributed by atoms with Gasteiger partial charge >= 0.3 is 0 Å². The first-order valence-corrected chi connectivity index (χ1v) is 10.6. The quantitative estimate of drug-likeness (QED) is 0.547. The van der Waals surface area contributed by atoms with Gasteiger partial charge < -0.3 is 9.64 Å². The summed E-state index contributed by atoms with van der Waals surface area (Å²) < 4.78 is 5.20. The number of likely N-dealkylation sites (tertiary alicyclic amines) is 1. The topological polar surface area (TPSA) is 42.4 Å². The van der Waals surface area contributed by atoms with Gasteiger partial charge in [0.2, 0.25) is 5.91 Å². The van der Waals surface area contributed by atoms with Crippen LogP contribution >= 0.6 is 11.6 Å². The molecule has 0 N–H and O–H groups in total. The third kappa shape index (κ3) is 4.65. The van der Waals surface area contributed by atoms with Crippen molar-refractivity contribution in [3.05, 3.63) is 94.3 Å². The predicted molar refractivity (Wildman–Crippen MR) is 119 cm³/mol. The molecule has 1 saturated heterocycles. The lowest BCUT2D eigenvalue weighted by molar-refractivity contribution is -0.131. The van der Waals surface area contributed by atoms with Crippen LogP contribution in [0.5, 0.6) is 5.75 Å². The van der Waals surface area contributed by atoms with E-state index in [1.165, 1.54) is 0 Å². The monoisotopic (exact) mass is 420 g/mol. The molecule has 4 nitrogen and oxygen atoms in total. The van der Waals surface area contributed by atoms with E-state index in [2.05, 4.69) is 0 Å². The van der Waals surface area contributed by atoms with Gasteiger partial charge in [-0.3, -0.25) is 9.78 Å². The number of aromatic nitrogens is 1. The van der Waals surface area contributed by atoms with Crippen molar-refractivity contribution < 1.29 is 9.53 Å². The largest absolute Gasteiger partial charge is 0.497 e. The molecule has 0 spiro atoms. The van der Waals surface area contributed by atoms with Gasteiger partial charge in [0, 0.05) is 23.7 Å². The van der Waals surface area contributed by atoms with Gasteiger partial charge in [0.05, 0.1) is 25.3 Å². The Morgan fingerprint density at radius 1 is 1.10 bits per heavy atom. The molecule has 0 bridgehead atoms. The number of methoxy groups -OCH3 is 1. The van der Waals surface area contributed by atoms with E-state index in [1.54, 1.807) is 7.11 Å². The zero-order valence-electron chi connectivity index (χ0n) is 17.1. The van der Waals surface area contributed by atoms with Gasteiger partial charge in [-0.15, -0.1) is 0 Å². The molecule has 1 fully saturated rings. The molecule has 1 aliphatic heterocycles. The zero-order chi connectivity index (χ0) is 20.9. The fourth-order valence-corrected chi connectivity index (χ4v) is 4.21. The first-order valence-electron chi connectivity index (χ1n) is 10.3. The molecule has 4 rings (SSSR count). The SMILES string of the molecule is COc1ccc(CC(=O)N2CCC[C@@H]2c2cccc(Cc3ccccc3Cl)n2)cc1. The number of benzene rings is 2. The lowest BCUT2D eigenvalue weighted by atomic mass is 10.1. The van der Waals surface area contributed by atoms with Crippen LogP contribution in [-0.2, 0) is 17.6 Å². The molecule has 0 unspecified atom stereocenters. The Bertz CT molecular complexity index is 1020. The summed E-state index contributed by atoms with van der Waals surface area (Å²) >= 11 is 6.31. The van der Waals surface area contributed by atoms with Crippen molar-refractivity contribution >= 4 is 17.5 Å². The van der Waals surface area contributed by atoms with Crippen molar-refractivity contribution in [1.29, 1.82) is 0 Å². The van der Waals surface area contributed by atoms with E-state index in [9.17, 15) is 4.79 Å². The average molecular weight is 421 g/mol. The van der Waals surface area contributed by atoms with Crippen molar-refractivity contribution in [3.8, 4) is 5.75 Å². The van der Waals surface area contributed by atoms with E-state index in [1.807, 2.05) is 71.6 Å². The van der Waals surface area contributed by atoms with Gasteiger partial charge in [-0.2, -0.15) is 0 Å². The third-order valence-corrected chi connectivity index (χ3v) is 5.96. The number of hydrogen-bond acceptors (Lipinski definition) is 3. The second kappa shape index (κ2) is 9.31. The van der Waals surface area contributed by atoms with Crippen molar-refractivity contribution in [2.45, 2.75) is 31.7 Å². The Kier molecular flexibility index (Phi) is 6.34. The van der Waals surface area contributed by atoms with Crippen LogP contribution in [-0.4, -0.2) is 29.4 Å². The Morgan fingerprint density at radius 3 is 2.67 bits per heavy atom. The average Bonchev–Trinajstić information content (AvgIpc) is 3.26. The number of halogens is 1. The van der Waals surface area contributed by atoms with E-state index in [-0.39, 0.29) is 11.9 Å². The van der Waals surface area contributed by atoms with Crippen LogP contribution < -0.4 is 4.74 Å². The van der Waals surface area contributed by atoms with E-state index in [0.29, 0.717) is 12.8 Å². The van der Waals surface area contributed by atoms with Gasteiger partial charge in [-0.25, -0.2) is 0 Å². The number of amides is 1. The molecule has 1 aliphatic rings. The van der Waals surface area contributed by atoms with Gasteiger partial charge in [-0.05, 0) is 54.3 Å². The molecule has 0 aliphatic carbocycles. The van der Waals surface area contributed by atoms with E-state index >= 15 is 0 Å². The summed E-state index contributed by atoms with van der Waals surface area (Å²) in [5, 5.41) is 0.752. The highest BCUT2D eigenvalue weighted by molar-refractivity contribution is 6.31. The molecule has 0 saturated carbocycles. The highest BCUT2D eigenvalue weighted by Gasteiger charge is 2.30. The molecule has 1 aromatic heterocycles. The molecule has 154 valence electrons. The van der Waals surface area contributed by atoms with E-state index < -0.39 is 0 Å². The lowest BCUT2D eigenvalue weighted by Crippen LogP contribution is -2.32. The predicted octanol–water partition coefficient (Wildman–Crippen LogP) is 5.24. The Balaban J connectivity index is 1.48. The summed E-state index contributed by atoms with van der Waals surface area (Å²) in [6, 6.07) is 21.6. The highest BCUT2D eigenvalue weighted by Crippen LogP contribution is 2.32. The maximum absolute atomic E-state index is 13.0. The first-order chi connectivity index (χ1) is 14.6. The summed E-state index contributed by atoms with van der Waals surface area (Å²) in [6.07, 6.45) is 3.01. The lowest BCUT2D eigenvalue weighted by Gasteiger charge is -2.25. The number of nitrogens with zero attached hydrogens (tertiary/aromatic N) is 2. The number of carbonyl (C=O) groups excluding carboxylic acids is 1. The maximum Gasteiger partial charge on any atom is 0.227 e. The van der Waals surface area contributed by atoms with Crippen molar-refractivity contribution in [2.75, 3.05) is 13.7 Å². The second-order valence-corrected chi connectivity index (χ2v) is 8.00. The van der Waals surface area contributed by atoms with Crippen LogP contribution in [0.15, 0.2) is 66.7 Å². The fourth-order valence-electron chi connectivity index (χ4n) is 4.01. The second-order valence-electron chi connectivity index (χ2n) is 7.59. The van der Waals surface area contributed by atoms with Gasteiger partial charge in [0.15, 0.2) is 0 Å². The third-order valence-electron chi connectivity index (χ3n) is 5.59. The summed E-state index contributed by atoms with van der Waals surface area (Å²) in [4.78, 5) is 19.9. The Labute approximate surface area is 182 Å². The fraction of sp³-hybridized carbons (Fsp3) is 0.280. The van der Waals surface area contributed by atoms with Gasteiger partial charge in [-0.1, -0.05) is 48.0 Å². The van der Waals surface area contributed by atoms with Crippen LogP contribution in [0.1, 0.15) is 41.4 Å². The van der Waals surface area contributed by atoms with Crippen LogP contribution in [0.3, 0.4) is 0 Å². The smallest absolute Gasteiger partial charge is 0.227 e. The first kappa shape index (κ1) is 20.4. The Hall–Kier alpha value is -2.85. The van der Waals surface area contributed by atoms with Gasteiger partial charge in [0.1, 0.15) is 5.75 Å². The molecule has 2 aromatic carbocycles. The van der Waals surface area contributed by atoms with Gasteiger partial charge in [0.25, 0.3) is 0 Å². The van der Waals surface area contributed by atoms with E-state index in [4.69, 9.17) is 21.3 Å².